The van der Waals surface area contributed by atoms with Crippen molar-refractivity contribution in [3.63, 3.8) is 0 Å². The Labute approximate surface area is 106 Å². The van der Waals surface area contributed by atoms with Gasteiger partial charge in [0.05, 0.1) is 7.11 Å². The van der Waals surface area contributed by atoms with E-state index in [2.05, 4.69) is 16.7 Å². The molecule has 0 aliphatic carbocycles. The van der Waals surface area contributed by atoms with Crippen LogP contribution in [0.2, 0.25) is 0 Å². The van der Waals surface area contributed by atoms with Gasteiger partial charge in [-0.15, -0.1) is 0 Å². The fourth-order valence-electron chi connectivity index (χ4n) is 1.66. The summed E-state index contributed by atoms with van der Waals surface area (Å²) in [4.78, 5) is 14.7. The van der Waals surface area contributed by atoms with Gasteiger partial charge in [0.25, 0.3) is 0 Å². The number of hydrogen-bond donors (Lipinski definition) is 0. The van der Waals surface area contributed by atoms with Crippen LogP contribution in [0, 0.1) is 0 Å². The van der Waals surface area contributed by atoms with Gasteiger partial charge in [0.1, 0.15) is 6.54 Å². The summed E-state index contributed by atoms with van der Waals surface area (Å²) in [6.45, 7) is 2.40. The van der Waals surface area contributed by atoms with Crippen LogP contribution in [0.25, 0.3) is 0 Å². The molecule has 0 saturated carbocycles. The van der Waals surface area contributed by atoms with Gasteiger partial charge >= 0.3 is 5.97 Å². The summed E-state index contributed by atoms with van der Waals surface area (Å²) in [7, 11) is 1.39. The van der Waals surface area contributed by atoms with Gasteiger partial charge in [-0.05, 0) is 19.1 Å². The maximum Gasteiger partial charge on any atom is 0.327 e. The van der Waals surface area contributed by atoms with E-state index in [1.165, 1.54) is 58.5 Å². The SMILES string of the molecule is CCCCCCCCCCC=NCC(=O)OC. The predicted octanol–water partition coefficient (Wildman–Crippen LogP) is 3.76. The first-order chi connectivity index (χ1) is 8.31. The fraction of sp³-hybridized carbons (Fsp3) is 0.857. The molecule has 0 amide bonds. The Kier molecular flexibility index (Phi) is 12.5. The van der Waals surface area contributed by atoms with Crippen molar-refractivity contribution in [1.82, 2.24) is 0 Å². The topological polar surface area (TPSA) is 38.7 Å². The lowest BCUT2D eigenvalue weighted by Crippen LogP contribution is -2.04. The molecule has 0 radical (unpaired) electrons. The van der Waals surface area contributed by atoms with E-state index < -0.39 is 0 Å². The molecule has 0 rings (SSSR count). The zero-order valence-electron chi connectivity index (χ0n) is 11.4. The van der Waals surface area contributed by atoms with Gasteiger partial charge in [0, 0.05) is 0 Å². The highest BCUT2D eigenvalue weighted by molar-refractivity contribution is 5.73. The molecule has 0 aromatic heterocycles. The van der Waals surface area contributed by atoms with Crippen LogP contribution in [0.5, 0.6) is 0 Å². The van der Waals surface area contributed by atoms with Gasteiger partial charge in [0.2, 0.25) is 0 Å². The zero-order chi connectivity index (χ0) is 12.8. The Balaban J connectivity index is 3.10. The first-order valence-electron chi connectivity index (χ1n) is 6.86. The van der Waals surface area contributed by atoms with E-state index in [-0.39, 0.29) is 12.5 Å². The van der Waals surface area contributed by atoms with E-state index in [0.717, 1.165) is 6.42 Å². The van der Waals surface area contributed by atoms with Crippen molar-refractivity contribution in [2.45, 2.75) is 64.7 Å². The highest BCUT2D eigenvalue weighted by Crippen LogP contribution is 2.08. The van der Waals surface area contributed by atoms with Crippen LogP contribution in [-0.4, -0.2) is 25.8 Å². The Morgan fingerprint density at radius 3 is 2.24 bits per heavy atom. The number of ether oxygens (including phenoxy) is 1. The van der Waals surface area contributed by atoms with Crippen LogP contribution in [0.1, 0.15) is 64.7 Å². The molecule has 100 valence electrons. The second-order valence-electron chi connectivity index (χ2n) is 4.36. The summed E-state index contributed by atoms with van der Waals surface area (Å²) < 4.78 is 4.49. The standard InChI is InChI=1S/C14H27NO2/c1-3-4-5-6-7-8-9-10-11-12-15-13-14(16)17-2/h12H,3-11,13H2,1-2H3. The minimum atomic E-state index is -0.267. The second-order valence-corrected chi connectivity index (χ2v) is 4.36. The number of carbonyl (C=O) groups excluding carboxylic acids is 1. The lowest BCUT2D eigenvalue weighted by Gasteiger charge is -1.99. The van der Waals surface area contributed by atoms with Gasteiger partial charge < -0.3 is 4.74 Å². The fourth-order valence-corrected chi connectivity index (χ4v) is 1.66. The summed E-state index contributed by atoms with van der Waals surface area (Å²) in [5, 5.41) is 0. The Bertz CT molecular complexity index is 202. The summed E-state index contributed by atoms with van der Waals surface area (Å²) >= 11 is 0. The average molecular weight is 241 g/mol. The molecule has 3 nitrogen and oxygen atoms in total. The molecule has 0 unspecified atom stereocenters. The van der Waals surface area contributed by atoms with Gasteiger partial charge in [-0.3, -0.25) is 9.79 Å². The lowest BCUT2D eigenvalue weighted by molar-refractivity contribution is -0.138. The molecule has 3 heteroatoms. The third-order valence-corrected chi connectivity index (χ3v) is 2.76. The molecule has 0 N–H and O–H groups in total. The largest absolute Gasteiger partial charge is 0.468 e. The first kappa shape index (κ1) is 16.1. The molecule has 0 fully saturated rings. The third kappa shape index (κ3) is 13.1. The molecule has 0 bridgehead atoms. The van der Waals surface area contributed by atoms with E-state index in [9.17, 15) is 4.79 Å². The molecule has 0 aromatic carbocycles. The van der Waals surface area contributed by atoms with Gasteiger partial charge in [-0.25, -0.2) is 0 Å². The van der Waals surface area contributed by atoms with Crippen LogP contribution < -0.4 is 0 Å². The molecule has 0 saturated heterocycles. The molecule has 17 heavy (non-hydrogen) atoms. The highest BCUT2D eigenvalue weighted by Gasteiger charge is 1.94. The number of rotatable bonds is 11. The molecule has 0 aliphatic rings. The van der Waals surface area contributed by atoms with Crippen molar-refractivity contribution in [3.8, 4) is 0 Å². The van der Waals surface area contributed by atoms with Gasteiger partial charge in [-0.2, -0.15) is 0 Å². The number of methoxy groups -OCH3 is 1. The molecule has 0 atom stereocenters. The molecular weight excluding hydrogens is 214 g/mol. The van der Waals surface area contributed by atoms with Crippen molar-refractivity contribution in [2.24, 2.45) is 4.99 Å². The minimum Gasteiger partial charge on any atom is -0.468 e. The summed E-state index contributed by atoms with van der Waals surface area (Å²) in [5.41, 5.74) is 0. The van der Waals surface area contributed by atoms with E-state index in [1.54, 1.807) is 0 Å². The van der Waals surface area contributed by atoms with Crippen LogP contribution in [0.3, 0.4) is 0 Å². The van der Waals surface area contributed by atoms with Crippen LogP contribution in [0.15, 0.2) is 4.99 Å². The molecular formula is C14H27NO2. The van der Waals surface area contributed by atoms with E-state index >= 15 is 0 Å². The lowest BCUT2D eigenvalue weighted by atomic mass is 10.1. The van der Waals surface area contributed by atoms with Crippen LogP contribution in [0.4, 0.5) is 0 Å². The molecule has 0 heterocycles. The van der Waals surface area contributed by atoms with Crippen molar-refractivity contribution in [2.75, 3.05) is 13.7 Å². The quantitative estimate of drug-likeness (QED) is 0.314. The third-order valence-electron chi connectivity index (χ3n) is 2.76. The Morgan fingerprint density at radius 1 is 1.06 bits per heavy atom. The van der Waals surface area contributed by atoms with Crippen molar-refractivity contribution in [3.05, 3.63) is 0 Å². The molecule has 0 aliphatic heterocycles. The molecule has 0 aromatic rings. The van der Waals surface area contributed by atoms with Gasteiger partial charge in [-0.1, -0.05) is 51.9 Å². The summed E-state index contributed by atoms with van der Waals surface area (Å²) in [6.07, 6.45) is 13.4. The summed E-state index contributed by atoms with van der Waals surface area (Å²) in [5.74, 6) is -0.267. The maximum atomic E-state index is 10.7. The zero-order valence-corrected chi connectivity index (χ0v) is 11.4. The monoisotopic (exact) mass is 241 g/mol. The number of unbranched alkanes of at least 4 members (excludes halogenated alkanes) is 8. The minimum absolute atomic E-state index is 0.160. The second kappa shape index (κ2) is 13.2. The van der Waals surface area contributed by atoms with Crippen LogP contribution >= 0.6 is 0 Å². The predicted molar refractivity (Wildman–Crippen MR) is 72.6 cm³/mol. The number of nitrogens with zero attached hydrogens (tertiary/aromatic N) is 1. The maximum absolute atomic E-state index is 10.7. The molecule has 0 spiro atoms. The first-order valence-corrected chi connectivity index (χ1v) is 6.86. The van der Waals surface area contributed by atoms with Gasteiger partial charge in [0.15, 0.2) is 0 Å². The van der Waals surface area contributed by atoms with E-state index in [0.29, 0.717) is 0 Å². The number of hydrogen-bond acceptors (Lipinski definition) is 3. The van der Waals surface area contributed by atoms with Crippen molar-refractivity contribution >= 4 is 12.2 Å². The Hall–Kier alpha value is -0.860. The number of aliphatic imine (C=N–C) groups is 1. The van der Waals surface area contributed by atoms with Crippen molar-refractivity contribution < 1.29 is 9.53 Å². The van der Waals surface area contributed by atoms with Crippen LogP contribution in [-0.2, 0) is 9.53 Å². The van der Waals surface area contributed by atoms with E-state index in [4.69, 9.17) is 0 Å². The van der Waals surface area contributed by atoms with Crippen molar-refractivity contribution in [1.29, 1.82) is 0 Å². The number of esters is 1. The summed E-state index contributed by atoms with van der Waals surface area (Å²) in [6, 6.07) is 0. The normalized spacial score (nSPS) is 10.9. The van der Waals surface area contributed by atoms with E-state index in [1.807, 2.05) is 6.21 Å². The smallest absolute Gasteiger partial charge is 0.327 e. The highest BCUT2D eigenvalue weighted by atomic mass is 16.5. The Morgan fingerprint density at radius 2 is 1.65 bits per heavy atom. The number of carbonyl (C=O) groups is 1. The average Bonchev–Trinajstić information content (AvgIpc) is 2.35.